The maximum Gasteiger partial charge on any atom is 0.212 e. The number of hydrogen-bond donors (Lipinski definition) is 0. The topological polar surface area (TPSA) is 82.6 Å². The van der Waals surface area contributed by atoms with E-state index in [1.807, 2.05) is 36.8 Å². The number of fused-ring (bicyclic) bond motifs is 3. The highest BCUT2D eigenvalue weighted by Gasteiger charge is 2.44. The molecule has 8 nitrogen and oxygen atoms in total. The standard InChI is InChI=1S/C25H23N7O/c1-33-24-7-4-17(11-28-24)14-31-20-9-21(31)16-30(15-20)23-6-5-18(12-27-23)22-3-2-8-32-25(22)19(10-26)13-29-32/h2-8,11-13,20-21H,9,14-16H2,1H3/t20-,21+. The summed E-state index contributed by atoms with van der Waals surface area (Å²) in [6, 6.07) is 15.4. The van der Waals surface area contributed by atoms with E-state index in [-0.39, 0.29) is 0 Å². The van der Waals surface area contributed by atoms with Gasteiger partial charge in [0.05, 0.1) is 24.4 Å². The van der Waals surface area contributed by atoms with Gasteiger partial charge in [-0.1, -0.05) is 12.1 Å². The minimum Gasteiger partial charge on any atom is -0.481 e. The van der Waals surface area contributed by atoms with E-state index in [2.05, 4.69) is 44.2 Å². The molecule has 0 unspecified atom stereocenters. The second kappa shape index (κ2) is 7.87. The predicted molar refractivity (Wildman–Crippen MR) is 124 cm³/mol. The molecule has 4 aromatic heterocycles. The van der Waals surface area contributed by atoms with E-state index >= 15 is 0 Å². The van der Waals surface area contributed by atoms with E-state index in [0.29, 0.717) is 23.5 Å². The van der Waals surface area contributed by atoms with E-state index in [0.717, 1.165) is 42.1 Å². The number of piperazine rings is 1. The van der Waals surface area contributed by atoms with Gasteiger partial charge < -0.3 is 9.64 Å². The van der Waals surface area contributed by atoms with Crippen molar-refractivity contribution in [2.45, 2.75) is 25.0 Å². The van der Waals surface area contributed by atoms with Crippen LogP contribution in [-0.2, 0) is 6.54 Å². The molecule has 8 heteroatoms. The van der Waals surface area contributed by atoms with Gasteiger partial charge in [0, 0.05) is 67.5 Å². The first-order chi connectivity index (χ1) is 16.2. The zero-order valence-electron chi connectivity index (χ0n) is 18.3. The third-order valence-corrected chi connectivity index (χ3v) is 6.76. The lowest BCUT2D eigenvalue weighted by atomic mass is 9.87. The largest absolute Gasteiger partial charge is 0.481 e. The molecule has 3 aliphatic rings. The van der Waals surface area contributed by atoms with Gasteiger partial charge in [-0.25, -0.2) is 14.5 Å². The van der Waals surface area contributed by atoms with E-state index in [1.54, 1.807) is 17.8 Å². The van der Waals surface area contributed by atoms with E-state index in [9.17, 15) is 5.26 Å². The number of nitriles is 1. The number of ether oxygens (including phenoxy) is 1. The van der Waals surface area contributed by atoms with Crippen LogP contribution in [0.15, 0.2) is 61.2 Å². The molecule has 7 rings (SSSR count). The molecule has 3 aliphatic heterocycles. The Hall–Kier alpha value is -3.96. The van der Waals surface area contributed by atoms with Gasteiger partial charge in [-0.2, -0.15) is 10.4 Å². The van der Waals surface area contributed by atoms with E-state index in [4.69, 9.17) is 9.72 Å². The fourth-order valence-corrected chi connectivity index (χ4v) is 5.06. The second-order valence-corrected chi connectivity index (χ2v) is 8.62. The average molecular weight is 438 g/mol. The van der Waals surface area contributed by atoms with Crippen LogP contribution in [0.1, 0.15) is 17.5 Å². The van der Waals surface area contributed by atoms with Gasteiger partial charge in [0.25, 0.3) is 0 Å². The number of methoxy groups -OCH3 is 1. The van der Waals surface area contributed by atoms with Crippen molar-refractivity contribution >= 4 is 11.3 Å². The van der Waals surface area contributed by atoms with Gasteiger partial charge in [0.2, 0.25) is 5.88 Å². The highest BCUT2D eigenvalue weighted by atomic mass is 16.5. The molecule has 2 atom stereocenters. The minimum absolute atomic E-state index is 0.533. The lowest BCUT2D eigenvalue weighted by Crippen LogP contribution is -2.68. The number of anilines is 1. The van der Waals surface area contributed by atoms with E-state index < -0.39 is 0 Å². The zero-order chi connectivity index (χ0) is 22.4. The number of rotatable bonds is 5. The van der Waals surface area contributed by atoms with Gasteiger partial charge in [0.1, 0.15) is 11.9 Å². The van der Waals surface area contributed by atoms with Crippen LogP contribution in [0.25, 0.3) is 16.6 Å². The molecule has 0 spiro atoms. The highest BCUT2D eigenvalue weighted by Crippen LogP contribution is 2.36. The summed E-state index contributed by atoms with van der Waals surface area (Å²) in [5.74, 6) is 1.65. The van der Waals surface area contributed by atoms with Gasteiger partial charge in [-0.3, -0.25) is 4.90 Å². The molecule has 164 valence electrons. The molecule has 3 saturated heterocycles. The average Bonchev–Trinajstić information content (AvgIpc) is 3.31. The Morgan fingerprint density at radius 3 is 2.64 bits per heavy atom. The van der Waals surface area contributed by atoms with Gasteiger partial charge in [-0.05, 0) is 30.2 Å². The van der Waals surface area contributed by atoms with Crippen molar-refractivity contribution in [3.63, 3.8) is 0 Å². The predicted octanol–water partition coefficient (Wildman–Crippen LogP) is 3.13. The van der Waals surface area contributed by atoms with Gasteiger partial charge >= 0.3 is 0 Å². The van der Waals surface area contributed by atoms with Crippen molar-refractivity contribution in [2.75, 3.05) is 25.1 Å². The Kier molecular flexibility index (Phi) is 4.70. The first-order valence-corrected chi connectivity index (χ1v) is 11.1. The third kappa shape index (κ3) is 3.38. The molecule has 0 radical (unpaired) electrons. The molecule has 0 N–H and O–H groups in total. The summed E-state index contributed by atoms with van der Waals surface area (Å²) >= 11 is 0. The number of aromatic nitrogens is 4. The van der Waals surface area contributed by atoms with Crippen LogP contribution < -0.4 is 9.64 Å². The van der Waals surface area contributed by atoms with Crippen molar-refractivity contribution in [3.8, 4) is 23.1 Å². The summed E-state index contributed by atoms with van der Waals surface area (Å²) in [7, 11) is 1.64. The number of hydrogen-bond acceptors (Lipinski definition) is 7. The van der Waals surface area contributed by atoms with Crippen molar-refractivity contribution in [1.82, 2.24) is 24.5 Å². The lowest BCUT2D eigenvalue weighted by Gasteiger charge is -2.56. The fraction of sp³-hybridized carbons (Fsp3) is 0.280. The number of piperidine rings is 1. The molecule has 4 aromatic rings. The van der Waals surface area contributed by atoms with E-state index in [1.165, 1.54) is 12.0 Å². The Morgan fingerprint density at radius 2 is 1.94 bits per heavy atom. The Morgan fingerprint density at radius 1 is 1.06 bits per heavy atom. The number of nitrogens with zero attached hydrogens (tertiary/aromatic N) is 7. The smallest absolute Gasteiger partial charge is 0.212 e. The van der Waals surface area contributed by atoms with Crippen molar-refractivity contribution < 1.29 is 4.74 Å². The molecule has 3 fully saturated rings. The summed E-state index contributed by atoms with van der Waals surface area (Å²) < 4.78 is 6.90. The van der Waals surface area contributed by atoms with Crippen molar-refractivity contribution in [3.05, 3.63) is 72.3 Å². The Labute approximate surface area is 191 Å². The molecular formula is C25H23N7O. The summed E-state index contributed by atoms with van der Waals surface area (Å²) in [5, 5.41) is 13.7. The van der Waals surface area contributed by atoms with Crippen LogP contribution >= 0.6 is 0 Å². The Balaban J connectivity index is 1.17. The highest BCUT2D eigenvalue weighted by molar-refractivity contribution is 5.84. The first-order valence-electron chi connectivity index (χ1n) is 11.1. The first kappa shape index (κ1) is 19.7. The van der Waals surface area contributed by atoms with Gasteiger partial charge in [0.15, 0.2) is 0 Å². The maximum absolute atomic E-state index is 9.44. The normalized spacial score (nSPS) is 19.8. The molecular weight excluding hydrogens is 414 g/mol. The summed E-state index contributed by atoms with van der Waals surface area (Å²) in [5.41, 5.74) is 4.55. The SMILES string of the molecule is COc1ccc(CN2[C@@H]3C[C@H]2CN(c2ccc(-c4cccn5ncc(C#N)c45)cn2)C3)cn1. The molecule has 2 bridgehead atoms. The van der Waals surface area contributed by atoms with Crippen LogP contribution in [0, 0.1) is 11.3 Å². The quantitative estimate of drug-likeness (QED) is 0.474. The summed E-state index contributed by atoms with van der Waals surface area (Å²) in [6.07, 6.45) is 8.51. The maximum atomic E-state index is 9.44. The Bertz CT molecular complexity index is 1330. The van der Waals surface area contributed by atoms with Crippen molar-refractivity contribution in [2.24, 2.45) is 0 Å². The molecule has 0 aromatic carbocycles. The van der Waals surface area contributed by atoms with Crippen LogP contribution in [0.4, 0.5) is 5.82 Å². The summed E-state index contributed by atoms with van der Waals surface area (Å²) in [6.45, 7) is 2.87. The van der Waals surface area contributed by atoms with Crippen LogP contribution in [-0.4, -0.2) is 56.8 Å². The second-order valence-electron chi connectivity index (χ2n) is 8.62. The fourth-order valence-electron chi connectivity index (χ4n) is 5.06. The zero-order valence-corrected chi connectivity index (χ0v) is 18.3. The molecule has 33 heavy (non-hydrogen) atoms. The number of pyridine rings is 3. The van der Waals surface area contributed by atoms with Crippen LogP contribution in [0.2, 0.25) is 0 Å². The van der Waals surface area contributed by atoms with Crippen LogP contribution in [0.5, 0.6) is 5.88 Å². The third-order valence-electron chi connectivity index (χ3n) is 6.76. The molecule has 0 amide bonds. The monoisotopic (exact) mass is 437 g/mol. The minimum atomic E-state index is 0.533. The van der Waals surface area contributed by atoms with Gasteiger partial charge in [-0.15, -0.1) is 0 Å². The molecule has 0 saturated carbocycles. The lowest BCUT2D eigenvalue weighted by molar-refractivity contribution is -0.00876. The summed E-state index contributed by atoms with van der Waals surface area (Å²) in [4.78, 5) is 14.1. The molecule has 0 aliphatic carbocycles. The van der Waals surface area contributed by atoms with Crippen molar-refractivity contribution in [1.29, 1.82) is 5.26 Å². The van der Waals surface area contributed by atoms with Crippen LogP contribution in [0.3, 0.4) is 0 Å². The molecule has 7 heterocycles.